The summed E-state index contributed by atoms with van der Waals surface area (Å²) in [5.74, 6) is 2.39. The van der Waals surface area contributed by atoms with E-state index >= 15 is 0 Å². The number of aromatic nitrogens is 3. The number of rotatable bonds is 1. The van der Waals surface area contributed by atoms with Crippen LogP contribution >= 0.6 is 0 Å². The topological polar surface area (TPSA) is 51.1 Å². The summed E-state index contributed by atoms with van der Waals surface area (Å²) in [6, 6.07) is 1.99. The Hall–Kier alpha value is -1.91. The van der Waals surface area contributed by atoms with Gasteiger partial charge in [0, 0.05) is 12.2 Å². The average Bonchev–Trinajstić information content (AvgIpc) is 2.70. The molecular formula is C17H28N4O. The van der Waals surface area contributed by atoms with Crippen molar-refractivity contribution in [3.05, 3.63) is 17.6 Å². The van der Waals surface area contributed by atoms with Gasteiger partial charge in [0.05, 0.1) is 12.1 Å². The maximum absolute atomic E-state index is 5.74. The highest BCUT2D eigenvalue weighted by molar-refractivity contribution is 5.94. The molecule has 1 aliphatic heterocycles. The molecule has 0 spiro atoms. The molecule has 22 heavy (non-hydrogen) atoms. The lowest BCUT2D eigenvalue weighted by atomic mass is 10.2. The van der Waals surface area contributed by atoms with Crippen molar-refractivity contribution in [2.45, 2.75) is 48.5 Å². The van der Waals surface area contributed by atoms with Gasteiger partial charge in [-0.25, -0.2) is 15.0 Å². The summed E-state index contributed by atoms with van der Waals surface area (Å²) in [5.41, 5.74) is 1.84. The predicted molar refractivity (Wildman–Crippen MR) is 92.9 cm³/mol. The Morgan fingerprint density at radius 3 is 2.41 bits per heavy atom. The zero-order valence-electron chi connectivity index (χ0n) is 14.9. The van der Waals surface area contributed by atoms with Crippen LogP contribution in [0.25, 0.3) is 10.9 Å². The van der Waals surface area contributed by atoms with E-state index in [1.165, 1.54) is 0 Å². The number of hydrogen-bond donors (Lipinski definition) is 0. The van der Waals surface area contributed by atoms with Gasteiger partial charge in [0.25, 0.3) is 0 Å². The molecule has 0 bridgehead atoms. The number of anilines is 1. The van der Waals surface area contributed by atoms with Gasteiger partial charge in [-0.1, -0.05) is 27.7 Å². The second-order valence-electron chi connectivity index (χ2n) is 4.49. The third-order valence-electron chi connectivity index (χ3n) is 3.15. The zero-order chi connectivity index (χ0) is 16.7. The van der Waals surface area contributed by atoms with E-state index in [0.717, 1.165) is 41.3 Å². The smallest absolute Gasteiger partial charge is 0.227 e. The molecule has 1 aliphatic rings. The van der Waals surface area contributed by atoms with Crippen molar-refractivity contribution in [1.29, 1.82) is 0 Å². The monoisotopic (exact) mass is 304 g/mol. The van der Waals surface area contributed by atoms with E-state index in [0.29, 0.717) is 12.5 Å². The molecule has 0 saturated carbocycles. The molecule has 0 aliphatic carbocycles. The molecule has 0 aromatic carbocycles. The van der Waals surface area contributed by atoms with E-state index in [-0.39, 0.29) is 0 Å². The number of pyridine rings is 1. The first-order chi connectivity index (χ1) is 10.7. The zero-order valence-corrected chi connectivity index (χ0v) is 14.9. The number of hydrogen-bond acceptors (Lipinski definition) is 5. The molecule has 0 saturated heterocycles. The average molecular weight is 304 g/mol. The van der Waals surface area contributed by atoms with E-state index in [4.69, 9.17) is 4.74 Å². The molecule has 0 unspecified atom stereocenters. The predicted octanol–water partition coefficient (Wildman–Crippen LogP) is 3.91. The summed E-state index contributed by atoms with van der Waals surface area (Å²) < 4.78 is 5.74. The van der Waals surface area contributed by atoms with Crippen LogP contribution in [-0.2, 0) is 0 Å². The van der Waals surface area contributed by atoms with Crippen LogP contribution < -0.4 is 9.64 Å². The van der Waals surface area contributed by atoms with Gasteiger partial charge in [-0.05, 0) is 26.8 Å². The Kier molecular flexibility index (Phi) is 7.02. The summed E-state index contributed by atoms with van der Waals surface area (Å²) in [4.78, 5) is 15.7. The van der Waals surface area contributed by atoms with Crippen molar-refractivity contribution in [3.63, 3.8) is 0 Å². The fourth-order valence-electron chi connectivity index (χ4n) is 2.33. The summed E-state index contributed by atoms with van der Waals surface area (Å²) in [5, 5.41) is 0.936. The highest BCUT2D eigenvalue weighted by Gasteiger charge is 2.21. The van der Waals surface area contributed by atoms with E-state index in [9.17, 15) is 0 Å². The number of nitrogens with zero attached hydrogens (tertiary/aromatic N) is 4. The maximum Gasteiger partial charge on any atom is 0.227 e. The number of aryl methyl sites for hydroxylation is 2. The fourth-order valence-corrected chi connectivity index (χ4v) is 2.33. The molecule has 3 rings (SSSR count). The first-order valence-corrected chi connectivity index (χ1v) is 8.22. The first-order valence-electron chi connectivity index (χ1n) is 8.22. The molecule has 122 valence electrons. The van der Waals surface area contributed by atoms with E-state index < -0.39 is 0 Å². The molecule has 2 aromatic heterocycles. The molecule has 0 fully saturated rings. The fraction of sp³-hybridized carbons (Fsp3) is 0.588. The van der Waals surface area contributed by atoms with Crippen LogP contribution in [0.4, 0.5) is 5.82 Å². The Balaban J connectivity index is 0.000000561. The van der Waals surface area contributed by atoms with E-state index in [2.05, 4.69) is 26.8 Å². The van der Waals surface area contributed by atoms with Crippen LogP contribution in [0, 0.1) is 13.8 Å². The maximum atomic E-state index is 5.74. The largest absolute Gasteiger partial charge is 0.475 e. The minimum atomic E-state index is 0.634. The molecule has 0 radical (unpaired) electrons. The van der Waals surface area contributed by atoms with Crippen LogP contribution in [0.1, 0.15) is 46.1 Å². The molecule has 0 amide bonds. The number of likely N-dealkylation sites (N-methyl/N-ethyl adjacent to an activating group) is 1. The molecule has 0 N–H and O–H groups in total. The SMILES string of the molecule is CC.CC.CCN1CCOc2nc(C)cc3nc(C)nc1c23. The third kappa shape index (κ3) is 3.64. The van der Waals surface area contributed by atoms with Gasteiger partial charge in [0.2, 0.25) is 5.88 Å². The Labute approximate surface area is 133 Å². The van der Waals surface area contributed by atoms with Crippen LogP contribution in [0.3, 0.4) is 0 Å². The number of ether oxygens (including phenoxy) is 1. The second kappa shape index (κ2) is 8.51. The molecule has 5 heteroatoms. The minimum Gasteiger partial charge on any atom is -0.475 e. The quantitative estimate of drug-likeness (QED) is 0.799. The van der Waals surface area contributed by atoms with Gasteiger partial charge in [0.15, 0.2) is 0 Å². The van der Waals surface area contributed by atoms with Crippen LogP contribution in [0.2, 0.25) is 0 Å². The first kappa shape index (κ1) is 18.1. The van der Waals surface area contributed by atoms with Gasteiger partial charge in [-0.15, -0.1) is 0 Å². The van der Waals surface area contributed by atoms with Crippen LogP contribution in [0.5, 0.6) is 5.88 Å². The summed E-state index contributed by atoms with van der Waals surface area (Å²) in [7, 11) is 0. The Morgan fingerprint density at radius 2 is 1.77 bits per heavy atom. The third-order valence-corrected chi connectivity index (χ3v) is 3.15. The van der Waals surface area contributed by atoms with Crippen LogP contribution in [-0.4, -0.2) is 34.6 Å². The Bertz CT molecular complexity index is 608. The highest BCUT2D eigenvalue weighted by atomic mass is 16.5. The van der Waals surface area contributed by atoms with Gasteiger partial charge in [-0.2, -0.15) is 0 Å². The lowest BCUT2D eigenvalue weighted by Crippen LogP contribution is -2.27. The standard InChI is InChI=1S/C13H16N4O.2C2H6/c1-4-17-5-6-18-13-11-10(7-8(2)14-13)15-9(3)16-12(11)17;2*1-2/h7H,4-6H2,1-3H3;2*1-2H3. The minimum absolute atomic E-state index is 0.634. The second-order valence-corrected chi connectivity index (χ2v) is 4.49. The van der Waals surface area contributed by atoms with Crippen molar-refractivity contribution < 1.29 is 4.74 Å². The molecule has 0 atom stereocenters. The van der Waals surface area contributed by atoms with Crippen molar-refractivity contribution in [2.24, 2.45) is 0 Å². The van der Waals surface area contributed by atoms with E-state index in [1.807, 2.05) is 47.6 Å². The lowest BCUT2D eigenvalue weighted by Gasteiger charge is -2.20. The van der Waals surface area contributed by atoms with Gasteiger partial charge < -0.3 is 9.64 Å². The van der Waals surface area contributed by atoms with Crippen molar-refractivity contribution in [1.82, 2.24) is 15.0 Å². The normalized spacial score (nSPS) is 12.4. The molecular weight excluding hydrogens is 276 g/mol. The summed E-state index contributed by atoms with van der Waals surface area (Å²) in [6.45, 7) is 16.4. The van der Waals surface area contributed by atoms with Crippen molar-refractivity contribution in [3.8, 4) is 5.88 Å². The van der Waals surface area contributed by atoms with Crippen molar-refractivity contribution >= 4 is 16.7 Å². The van der Waals surface area contributed by atoms with Crippen molar-refractivity contribution in [2.75, 3.05) is 24.6 Å². The molecule has 5 nitrogen and oxygen atoms in total. The summed E-state index contributed by atoms with van der Waals surface area (Å²) in [6.07, 6.45) is 0. The molecule has 3 heterocycles. The van der Waals surface area contributed by atoms with Gasteiger partial charge in [0.1, 0.15) is 23.6 Å². The highest BCUT2D eigenvalue weighted by Crippen LogP contribution is 2.33. The van der Waals surface area contributed by atoms with E-state index in [1.54, 1.807) is 0 Å². The lowest BCUT2D eigenvalue weighted by molar-refractivity contribution is 0.319. The summed E-state index contributed by atoms with van der Waals surface area (Å²) >= 11 is 0. The van der Waals surface area contributed by atoms with Gasteiger partial charge >= 0.3 is 0 Å². The Morgan fingerprint density at radius 1 is 1.09 bits per heavy atom. The molecule has 2 aromatic rings. The van der Waals surface area contributed by atoms with Crippen LogP contribution in [0.15, 0.2) is 6.07 Å². The van der Waals surface area contributed by atoms with Gasteiger partial charge in [-0.3, -0.25) is 0 Å².